The topological polar surface area (TPSA) is 76.1 Å². The number of alkyl halides is 1. The molecular weight excluding hydrogens is 454 g/mol. The predicted molar refractivity (Wildman–Crippen MR) is 128 cm³/mol. The maximum absolute atomic E-state index is 13.8. The number of nitrogens with zero attached hydrogens (tertiary/aromatic N) is 1. The molecule has 0 radical (unpaired) electrons. The van der Waals surface area contributed by atoms with Gasteiger partial charge in [-0.2, -0.15) is 0 Å². The number of hydrogen-bond acceptors (Lipinski definition) is 5. The van der Waals surface area contributed by atoms with Gasteiger partial charge in [0.25, 0.3) is 5.91 Å². The lowest BCUT2D eigenvalue weighted by Gasteiger charge is -2.37. The second kappa shape index (κ2) is 9.34. The maximum atomic E-state index is 13.8. The minimum atomic E-state index is -0.602. The van der Waals surface area contributed by atoms with E-state index in [0.717, 1.165) is 12.0 Å². The Morgan fingerprint density at radius 3 is 2.71 bits per heavy atom. The molecule has 4 atom stereocenters. The molecule has 1 N–H and O–H groups in total. The van der Waals surface area contributed by atoms with Gasteiger partial charge in [-0.25, -0.2) is 0 Å². The number of phenolic OH excluding ortho intramolecular Hbond substituents is 1. The maximum Gasteiger partial charge on any atom is 0.290 e. The van der Waals surface area contributed by atoms with E-state index in [1.807, 2.05) is 37.3 Å². The van der Waals surface area contributed by atoms with Crippen molar-refractivity contribution in [2.24, 2.45) is 5.92 Å². The fourth-order valence-electron chi connectivity index (χ4n) is 5.31. The van der Waals surface area contributed by atoms with E-state index < -0.39 is 6.04 Å². The van der Waals surface area contributed by atoms with Gasteiger partial charge in [-0.3, -0.25) is 9.59 Å². The van der Waals surface area contributed by atoms with Crippen LogP contribution in [0.4, 0.5) is 0 Å². The van der Waals surface area contributed by atoms with E-state index in [1.54, 1.807) is 23.1 Å². The lowest BCUT2D eigenvalue weighted by atomic mass is 9.77. The van der Waals surface area contributed by atoms with Crippen molar-refractivity contribution in [2.75, 3.05) is 13.2 Å². The van der Waals surface area contributed by atoms with Crippen molar-refractivity contribution in [3.05, 3.63) is 71.0 Å². The monoisotopic (exact) mass is 481 g/mol. The van der Waals surface area contributed by atoms with Crippen molar-refractivity contribution in [1.82, 2.24) is 4.90 Å². The summed E-state index contributed by atoms with van der Waals surface area (Å²) in [6, 6.07) is 14.3. The van der Waals surface area contributed by atoms with Crippen LogP contribution < -0.4 is 4.74 Å². The normalized spacial score (nSPS) is 26.2. The summed E-state index contributed by atoms with van der Waals surface area (Å²) in [5.74, 6) is -0.148. The predicted octanol–water partition coefficient (Wildman–Crippen LogP) is 4.55. The Hall–Kier alpha value is -2.99. The number of carbonyl (C=O) groups excluding carboxylic acids is 2. The molecule has 0 saturated heterocycles. The molecule has 0 bridgehead atoms. The number of ketones is 1. The molecule has 2 aromatic rings. The van der Waals surface area contributed by atoms with Crippen LogP contribution in [0, 0.1) is 5.92 Å². The Balaban J connectivity index is 1.54. The van der Waals surface area contributed by atoms with Crippen LogP contribution in [0.25, 0.3) is 0 Å². The molecule has 7 heteroatoms. The summed E-state index contributed by atoms with van der Waals surface area (Å²) in [6.45, 7) is 2.65. The van der Waals surface area contributed by atoms with Crippen LogP contribution in [-0.2, 0) is 20.7 Å². The third kappa shape index (κ3) is 4.05. The molecule has 3 aliphatic rings. The first kappa shape index (κ1) is 22.8. The van der Waals surface area contributed by atoms with Gasteiger partial charge in [0.2, 0.25) is 0 Å². The summed E-state index contributed by atoms with van der Waals surface area (Å²) in [5, 5.41) is 10.2. The van der Waals surface area contributed by atoms with Crippen molar-refractivity contribution in [1.29, 1.82) is 0 Å². The molecule has 1 aliphatic carbocycles. The third-order valence-corrected chi connectivity index (χ3v) is 7.36. The number of fused-ring (bicyclic) bond motifs is 1. The minimum Gasteiger partial charge on any atom is -0.504 e. The number of carbonyl (C=O) groups is 2. The molecule has 4 unspecified atom stereocenters. The standard InChI is InChI=1S/C27H28ClNO5/c1-2-33-22-14-17(8-10-20(22)30)24-23-25(31)19-15-18(28)9-11-21(19)34-26(23)27(32)29(24)13-12-16-6-4-3-5-7-16/h3-8,10,14,18-19,21,24,30H,2,9,11-13,15H2,1H3. The summed E-state index contributed by atoms with van der Waals surface area (Å²) < 4.78 is 11.8. The first-order valence-electron chi connectivity index (χ1n) is 11.9. The Labute approximate surface area is 204 Å². The van der Waals surface area contributed by atoms with Gasteiger partial charge in [0.1, 0.15) is 6.10 Å². The molecule has 1 saturated carbocycles. The summed E-state index contributed by atoms with van der Waals surface area (Å²) in [5.41, 5.74) is 2.21. The molecule has 2 aromatic carbocycles. The number of halogens is 1. The van der Waals surface area contributed by atoms with E-state index in [4.69, 9.17) is 21.1 Å². The molecule has 1 amide bonds. The molecule has 178 valence electrons. The minimum absolute atomic E-state index is 0.0171. The van der Waals surface area contributed by atoms with Gasteiger partial charge < -0.3 is 19.5 Å². The van der Waals surface area contributed by atoms with Gasteiger partial charge in [-0.15, -0.1) is 11.6 Å². The van der Waals surface area contributed by atoms with Crippen molar-refractivity contribution < 1.29 is 24.2 Å². The molecule has 2 aliphatic heterocycles. The Bertz CT molecular complexity index is 1130. The SMILES string of the molecule is CCOc1cc(C2C3=C(OC4CCC(Cl)CC4C3=O)C(=O)N2CCc2ccccc2)ccc1O. The average Bonchev–Trinajstić information content (AvgIpc) is 3.12. The van der Waals surface area contributed by atoms with E-state index >= 15 is 0 Å². The van der Waals surface area contributed by atoms with Gasteiger partial charge in [0.05, 0.1) is 24.1 Å². The zero-order valence-corrected chi connectivity index (χ0v) is 19.8. The van der Waals surface area contributed by atoms with Gasteiger partial charge >= 0.3 is 0 Å². The van der Waals surface area contributed by atoms with Crippen LogP contribution in [0.15, 0.2) is 59.9 Å². The molecule has 1 fully saturated rings. The van der Waals surface area contributed by atoms with Crippen molar-refractivity contribution in [3.63, 3.8) is 0 Å². The number of hydrogen-bond donors (Lipinski definition) is 1. The van der Waals surface area contributed by atoms with Crippen LogP contribution in [0.1, 0.15) is 43.4 Å². The van der Waals surface area contributed by atoms with Crippen LogP contribution in [0.2, 0.25) is 0 Å². The Morgan fingerprint density at radius 1 is 1.15 bits per heavy atom. The van der Waals surface area contributed by atoms with E-state index in [9.17, 15) is 14.7 Å². The molecule has 2 heterocycles. The van der Waals surface area contributed by atoms with Crippen LogP contribution in [-0.4, -0.2) is 46.3 Å². The Kier molecular flexibility index (Phi) is 6.26. The summed E-state index contributed by atoms with van der Waals surface area (Å²) in [7, 11) is 0. The molecule has 0 spiro atoms. The van der Waals surface area contributed by atoms with Crippen LogP contribution in [0.3, 0.4) is 0 Å². The zero-order valence-electron chi connectivity index (χ0n) is 19.1. The highest BCUT2D eigenvalue weighted by molar-refractivity contribution is 6.21. The van der Waals surface area contributed by atoms with Crippen molar-refractivity contribution >= 4 is 23.3 Å². The van der Waals surface area contributed by atoms with Gasteiger partial charge in [-0.05, 0) is 55.9 Å². The smallest absolute Gasteiger partial charge is 0.290 e. The highest BCUT2D eigenvalue weighted by Crippen LogP contribution is 2.48. The van der Waals surface area contributed by atoms with E-state index in [0.29, 0.717) is 49.3 Å². The summed E-state index contributed by atoms with van der Waals surface area (Å²) >= 11 is 6.40. The fraction of sp³-hybridized carbons (Fsp3) is 0.407. The van der Waals surface area contributed by atoms with Crippen molar-refractivity contribution in [2.45, 2.75) is 50.1 Å². The lowest BCUT2D eigenvalue weighted by molar-refractivity contribution is -0.135. The summed E-state index contributed by atoms with van der Waals surface area (Å²) in [6.07, 6.45) is 2.32. The second-order valence-electron chi connectivity index (χ2n) is 9.08. The number of amides is 1. The third-order valence-electron chi connectivity index (χ3n) is 6.96. The Morgan fingerprint density at radius 2 is 1.94 bits per heavy atom. The van der Waals surface area contributed by atoms with Gasteiger partial charge in [0.15, 0.2) is 23.0 Å². The molecular formula is C27H28ClNO5. The number of rotatable bonds is 6. The average molecular weight is 482 g/mol. The second-order valence-corrected chi connectivity index (χ2v) is 9.69. The van der Waals surface area contributed by atoms with Crippen LogP contribution in [0.5, 0.6) is 11.5 Å². The quantitative estimate of drug-likeness (QED) is 0.613. The van der Waals surface area contributed by atoms with E-state index in [1.165, 1.54) is 0 Å². The van der Waals surface area contributed by atoms with Gasteiger partial charge in [-0.1, -0.05) is 36.4 Å². The highest BCUT2D eigenvalue weighted by atomic mass is 35.5. The number of ether oxygens (including phenoxy) is 2. The molecule has 6 nitrogen and oxygen atoms in total. The largest absolute Gasteiger partial charge is 0.504 e. The number of benzene rings is 2. The van der Waals surface area contributed by atoms with E-state index in [-0.39, 0.29) is 40.6 Å². The van der Waals surface area contributed by atoms with E-state index in [2.05, 4.69) is 0 Å². The molecule has 34 heavy (non-hydrogen) atoms. The van der Waals surface area contributed by atoms with Gasteiger partial charge in [0, 0.05) is 11.9 Å². The van der Waals surface area contributed by atoms with Crippen LogP contribution >= 0.6 is 11.6 Å². The fourth-order valence-corrected chi connectivity index (χ4v) is 5.62. The number of aromatic hydroxyl groups is 1. The van der Waals surface area contributed by atoms with Crippen molar-refractivity contribution in [3.8, 4) is 11.5 Å². The first-order valence-corrected chi connectivity index (χ1v) is 12.3. The number of Topliss-reactive ketones (excluding diaryl/α,β-unsaturated/α-hetero) is 1. The molecule has 0 aromatic heterocycles. The summed E-state index contributed by atoms with van der Waals surface area (Å²) in [4.78, 5) is 29.1. The first-order chi connectivity index (χ1) is 16.5. The number of phenols is 1. The lowest BCUT2D eigenvalue weighted by Crippen LogP contribution is -2.41. The highest BCUT2D eigenvalue weighted by Gasteiger charge is 2.52. The molecule has 5 rings (SSSR count). The zero-order chi connectivity index (χ0) is 23.8.